The number of hydrogen-bond donors (Lipinski definition) is 2. The van der Waals surface area contributed by atoms with E-state index in [-0.39, 0.29) is 35.2 Å². The number of hydrogen-bond acceptors (Lipinski definition) is 3. The first kappa shape index (κ1) is 20.4. The van der Waals surface area contributed by atoms with Crippen molar-refractivity contribution in [3.8, 4) is 5.88 Å². The molecular weight excluding hydrogens is 446 g/mol. The maximum absolute atomic E-state index is 13.5. The van der Waals surface area contributed by atoms with Crippen LogP contribution in [0.1, 0.15) is 24.0 Å². The number of rotatable bonds is 6. The molecule has 3 rings (SSSR count). The van der Waals surface area contributed by atoms with Gasteiger partial charge in [0.2, 0.25) is 5.88 Å². The van der Waals surface area contributed by atoms with Crippen LogP contribution in [0.2, 0.25) is 0 Å². The van der Waals surface area contributed by atoms with Crippen molar-refractivity contribution in [1.29, 1.82) is 0 Å². The highest BCUT2D eigenvalue weighted by Gasteiger charge is 2.44. The van der Waals surface area contributed by atoms with Gasteiger partial charge >= 0.3 is 0 Å². The number of nitrogens with one attached hydrogen (secondary N) is 2. The van der Waals surface area contributed by atoms with Crippen molar-refractivity contribution in [2.45, 2.75) is 24.8 Å². The highest BCUT2D eigenvalue weighted by molar-refractivity contribution is 14.0. The van der Waals surface area contributed by atoms with Crippen molar-refractivity contribution in [3.63, 3.8) is 0 Å². The van der Waals surface area contributed by atoms with Crippen LogP contribution in [-0.4, -0.2) is 31.6 Å². The molecule has 1 saturated carbocycles. The average Bonchev–Trinajstić information content (AvgIpc) is 3.43. The van der Waals surface area contributed by atoms with Crippen LogP contribution in [0.25, 0.3) is 0 Å². The van der Waals surface area contributed by atoms with Crippen molar-refractivity contribution in [3.05, 3.63) is 59.5 Å². The van der Waals surface area contributed by atoms with E-state index in [1.54, 1.807) is 32.5 Å². The number of guanidine groups is 1. The number of aliphatic imine (C=N–C) groups is 1. The maximum atomic E-state index is 13.5. The summed E-state index contributed by atoms with van der Waals surface area (Å²) in [6.45, 7) is 1.28. The van der Waals surface area contributed by atoms with Gasteiger partial charge < -0.3 is 15.4 Å². The van der Waals surface area contributed by atoms with Gasteiger partial charge in [-0.2, -0.15) is 0 Å². The van der Waals surface area contributed by atoms with Gasteiger partial charge in [0, 0.05) is 37.3 Å². The monoisotopic (exact) mass is 470 g/mol. The number of benzene rings is 1. The molecule has 26 heavy (non-hydrogen) atoms. The summed E-state index contributed by atoms with van der Waals surface area (Å²) in [5.41, 5.74) is 2.01. The van der Waals surface area contributed by atoms with Crippen LogP contribution >= 0.6 is 24.0 Å². The van der Waals surface area contributed by atoms with Gasteiger partial charge in [0.15, 0.2) is 5.96 Å². The number of ether oxygens (including phenoxy) is 1. The van der Waals surface area contributed by atoms with Crippen LogP contribution in [0.5, 0.6) is 5.88 Å². The molecule has 1 aromatic heterocycles. The van der Waals surface area contributed by atoms with E-state index in [0.717, 1.165) is 30.5 Å². The van der Waals surface area contributed by atoms with Crippen LogP contribution in [0.15, 0.2) is 47.6 Å². The highest BCUT2D eigenvalue weighted by atomic mass is 127. The lowest BCUT2D eigenvalue weighted by atomic mass is 9.96. The summed E-state index contributed by atoms with van der Waals surface area (Å²) in [6, 6.07) is 10.7. The van der Waals surface area contributed by atoms with E-state index in [1.807, 2.05) is 18.2 Å². The molecule has 0 saturated heterocycles. The Morgan fingerprint density at radius 1 is 1.27 bits per heavy atom. The van der Waals surface area contributed by atoms with E-state index in [2.05, 4.69) is 20.6 Å². The summed E-state index contributed by atoms with van der Waals surface area (Å²) >= 11 is 0. The molecule has 140 valence electrons. The minimum absolute atomic E-state index is 0. The fourth-order valence-electron chi connectivity index (χ4n) is 2.93. The average molecular weight is 470 g/mol. The Morgan fingerprint density at radius 2 is 2.08 bits per heavy atom. The maximum Gasteiger partial charge on any atom is 0.218 e. The molecule has 5 nitrogen and oxygen atoms in total. The van der Waals surface area contributed by atoms with Crippen LogP contribution < -0.4 is 15.4 Å². The molecule has 1 heterocycles. The lowest BCUT2D eigenvalue weighted by molar-refractivity contribution is 0.392. The Balaban J connectivity index is 0.00000243. The Hall–Kier alpha value is -1.90. The quantitative estimate of drug-likeness (QED) is 0.387. The van der Waals surface area contributed by atoms with Crippen molar-refractivity contribution in [2.75, 3.05) is 20.7 Å². The SMILES string of the molecule is CN=C(NCc1cccnc1OC)NCC1(c2cccc(F)c2)CC1.I. The number of pyridine rings is 1. The lowest BCUT2D eigenvalue weighted by Gasteiger charge is -2.19. The Labute approximate surface area is 170 Å². The third-order valence-electron chi connectivity index (χ3n) is 4.60. The largest absolute Gasteiger partial charge is 0.481 e. The Kier molecular flexibility index (Phi) is 7.19. The first-order chi connectivity index (χ1) is 12.2. The third kappa shape index (κ3) is 4.84. The summed E-state index contributed by atoms with van der Waals surface area (Å²) in [5.74, 6) is 1.12. The van der Waals surface area contributed by atoms with Crippen molar-refractivity contribution < 1.29 is 9.13 Å². The lowest BCUT2D eigenvalue weighted by Crippen LogP contribution is -2.41. The molecule has 1 aliphatic rings. The fraction of sp³-hybridized carbons (Fsp3) is 0.368. The van der Waals surface area contributed by atoms with Gasteiger partial charge in [0.1, 0.15) is 5.82 Å². The molecule has 0 bridgehead atoms. The molecule has 1 aliphatic carbocycles. The molecule has 7 heteroatoms. The number of halogens is 2. The van der Waals surface area contributed by atoms with E-state index in [0.29, 0.717) is 18.4 Å². The van der Waals surface area contributed by atoms with E-state index in [9.17, 15) is 4.39 Å². The first-order valence-electron chi connectivity index (χ1n) is 8.35. The fourth-order valence-corrected chi connectivity index (χ4v) is 2.93. The highest BCUT2D eigenvalue weighted by Crippen LogP contribution is 2.47. The van der Waals surface area contributed by atoms with Gasteiger partial charge in [0.25, 0.3) is 0 Å². The zero-order valence-corrected chi connectivity index (χ0v) is 17.3. The number of methoxy groups -OCH3 is 1. The zero-order chi connectivity index (χ0) is 17.7. The number of aromatic nitrogens is 1. The van der Waals surface area contributed by atoms with Crippen LogP contribution in [-0.2, 0) is 12.0 Å². The molecule has 0 aliphatic heterocycles. The van der Waals surface area contributed by atoms with Crippen molar-refractivity contribution >= 4 is 29.9 Å². The third-order valence-corrected chi connectivity index (χ3v) is 4.60. The molecule has 0 radical (unpaired) electrons. The summed E-state index contributed by atoms with van der Waals surface area (Å²) in [5, 5.41) is 6.62. The van der Waals surface area contributed by atoms with Gasteiger partial charge in [-0.1, -0.05) is 18.2 Å². The van der Waals surface area contributed by atoms with E-state index in [1.165, 1.54) is 6.07 Å². The molecule has 0 spiro atoms. The molecule has 2 N–H and O–H groups in total. The summed E-state index contributed by atoms with van der Waals surface area (Å²) in [7, 11) is 3.34. The Bertz CT molecular complexity index is 765. The Morgan fingerprint density at radius 3 is 2.73 bits per heavy atom. The topological polar surface area (TPSA) is 58.5 Å². The minimum atomic E-state index is -0.185. The van der Waals surface area contributed by atoms with Crippen molar-refractivity contribution in [1.82, 2.24) is 15.6 Å². The normalized spacial score (nSPS) is 15.0. The van der Waals surface area contributed by atoms with Crippen LogP contribution in [0, 0.1) is 5.82 Å². The molecule has 0 amide bonds. The summed E-state index contributed by atoms with van der Waals surface area (Å²) in [4.78, 5) is 8.45. The van der Waals surface area contributed by atoms with Crippen molar-refractivity contribution in [2.24, 2.45) is 4.99 Å². The molecule has 1 aromatic carbocycles. The molecule has 2 aromatic rings. The predicted octanol–water partition coefficient (Wildman–Crippen LogP) is 3.24. The smallest absolute Gasteiger partial charge is 0.218 e. The van der Waals surface area contributed by atoms with Gasteiger partial charge in [0.05, 0.1) is 7.11 Å². The van der Waals surface area contributed by atoms with Crippen LogP contribution in [0.3, 0.4) is 0 Å². The predicted molar refractivity (Wildman–Crippen MR) is 112 cm³/mol. The molecule has 0 atom stereocenters. The standard InChI is InChI=1S/C19H23FN4O.HI/c1-21-18(23-12-14-5-4-10-22-17(14)25-2)24-13-19(8-9-19)15-6-3-7-16(20)11-15;/h3-7,10-11H,8-9,12-13H2,1-2H3,(H2,21,23,24);1H. The second-order valence-electron chi connectivity index (χ2n) is 6.24. The second kappa shape index (κ2) is 9.16. The molecule has 0 unspecified atom stereocenters. The van der Waals surface area contributed by atoms with Gasteiger partial charge in [-0.15, -0.1) is 24.0 Å². The molecule has 1 fully saturated rings. The van der Waals surface area contributed by atoms with Gasteiger partial charge in [-0.3, -0.25) is 4.99 Å². The van der Waals surface area contributed by atoms with E-state index >= 15 is 0 Å². The van der Waals surface area contributed by atoms with Gasteiger partial charge in [-0.05, 0) is 36.6 Å². The van der Waals surface area contributed by atoms with E-state index in [4.69, 9.17) is 4.74 Å². The second-order valence-corrected chi connectivity index (χ2v) is 6.24. The number of nitrogens with zero attached hydrogens (tertiary/aromatic N) is 2. The summed E-state index contributed by atoms with van der Waals surface area (Å²) < 4.78 is 18.8. The van der Waals surface area contributed by atoms with Gasteiger partial charge in [-0.25, -0.2) is 9.37 Å². The van der Waals surface area contributed by atoms with E-state index < -0.39 is 0 Å². The first-order valence-corrected chi connectivity index (χ1v) is 8.35. The van der Waals surface area contributed by atoms with Crippen LogP contribution in [0.4, 0.5) is 4.39 Å². The minimum Gasteiger partial charge on any atom is -0.481 e. The zero-order valence-electron chi connectivity index (χ0n) is 15.0. The summed E-state index contributed by atoms with van der Waals surface area (Å²) in [6.07, 6.45) is 3.80. The molecular formula is C19H24FIN4O.